The van der Waals surface area contributed by atoms with E-state index in [1.807, 2.05) is 42.6 Å². The minimum Gasteiger partial charge on any atom is -0.255 e. The average Bonchev–Trinajstić information content (AvgIpc) is 2.79. The van der Waals surface area contributed by atoms with Gasteiger partial charge in [-0.05, 0) is 65.3 Å². The molecule has 0 aliphatic heterocycles. The minimum absolute atomic E-state index is 0.0505. The van der Waals surface area contributed by atoms with Gasteiger partial charge in [-0.2, -0.15) is 0 Å². The van der Waals surface area contributed by atoms with Gasteiger partial charge < -0.3 is 0 Å². The van der Waals surface area contributed by atoms with Crippen LogP contribution >= 0.6 is 11.8 Å². The molecule has 4 aromatic heterocycles. The second-order valence-electron chi connectivity index (χ2n) is 8.31. The van der Waals surface area contributed by atoms with Gasteiger partial charge in [0.15, 0.2) is 0 Å². The van der Waals surface area contributed by atoms with E-state index in [2.05, 4.69) is 61.9 Å². The maximum absolute atomic E-state index is 4.96. The fourth-order valence-corrected chi connectivity index (χ4v) is 4.01. The van der Waals surface area contributed by atoms with E-state index in [1.54, 1.807) is 18.0 Å². The van der Waals surface area contributed by atoms with Gasteiger partial charge in [-0.25, -0.2) is 9.97 Å². The van der Waals surface area contributed by atoms with Gasteiger partial charge in [0, 0.05) is 17.3 Å². The van der Waals surface area contributed by atoms with Crippen molar-refractivity contribution in [3.8, 4) is 34.2 Å². The van der Waals surface area contributed by atoms with Crippen molar-refractivity contribution >= 4 is 11.8 Å². The maximum Gasteiger partial charge on any atom is 0.0905 e. The summed E-state index contributed by atoms with van der Waals surface area (Å²) in [6.45, 7) is 8.78. The Morgan fingerprint density at radius 1 is 0.677 bits per heavy atom. The van der Waals surface area contributed by atoms with Crippen LogP contribution in [0, 0.1) is 0 Å². The van der Waals surface area contributed by atoms with Gasteiger partial charge in [-0.3, -0.25) is 9.97 Å². The monoisotopic (exact) mass is 426 g/mol. The van der Waals surface area contributed by atoms with Crippen LogP contribution in [0.2, 0.25) is 0 Å². The molecule has 0 fully saturated rings. The maximum atomic E-state index is 4.96. The van der Waals surface area contributed by atoms with Crippen molar-refractivity contribution in [3.05, 3.63) is 78.6 Å². The lowest BCUT2D eigenvalue weighted by Gasteiger charge is -2.19. The van der Waals surface area contributed by atoms with Gasteiger partial charge >= 0.3 is 0 Å². The predicted octanol–water partition coefficient (Wildman–Crippen LogP) is 6.68. The van der Waals surface area contributed by atoms with Crippen LogP contribution in [0.15, 0.2) is 78.0 Å². The highest BCUT2D eigenvalue weighted by Gasteiger charge is 2.16. The first kappa shape index (κ1) is 21.2. The van der Waals surface area contributed by atoms with Crippen molar-refractivity contribution in [2.24, 2.45) is 0 Å². The van der Waals surface area contributed by atoms with E-state index in [9.17, 15) is 0 Å². The molecule has 4 nitrogen and oxygen atoms in total. The molecule has 0 saturated heterocycles. The lowest BCUT2D eigenvalue weighted by Crippen LogP contribution is -2.11. The molecule has 4 heterocycles. The first-order valence-electron chi connectivity index (χ1n) is 10.4. The summed E-state index contributed by atoms with van der Waals surface area (Å²) in [6.07, 6.45) is 3.66. The molecule has 0 saturated carbocycles. The summed E-state index contributed by atoms with van der Waals surface area (Å²) in [4.78, 5) is 20.0. The van der Waals surface area contributed by atoms with Gasteiger partial charge in [0.25, 0.3) is 0 Å². The Kier molecular flexibility index (Phi) is 6.14. The van der Waals surface area contributed by atoms with E-state index in [0.29, 0.717) is 0 Å². The summed E-state index contributed by atoms with van der Waals surface area (Å²) in [5.41, 5.74) is 6.40. The van der Waals surface area contributed by atoms with E-state index in [4.69, 9.17) is 9.97 Å². The van der Waals surface area contributed by atoms with E-state index in [0.717, 1.165) is 44.8 Å². The van der Waals surface area contributed by atoms with Crippen LogP contribution in [0.25, 0.3) is 34.2 Å². The smallest absolute Gasteiger partial charge is 0.0905 e. The van der Waals surface area contributed by atoms with Crippen molar-refractivity contribution in [1.82, 2.24) is 19.9 Å². The Morgan fingerprint density at radius 3 is 2.00 bits per heavy atom. The molecule has 0 spiro atoms. The Balaban J connectivity index is 1.81. The quantitative estimate of drug-likeness (QED) is 0.333. The first-order valence-corrected chi connectivity index (χ1v) is 11.4. The van der Waals surface area contributed by atoms with Crippen molar-refractivity contribution in [3.63, 3.8) is 0 Å². The largest absolute Gasteiger partial charge is 0.255 e. The standard InChI is InChI=1S/C26H26N4S/c1-5-31-19-16-24(22-11-8-10-21(29-22)20-9-6-7-13-27-20)30-25(17-19)23-15-18(12-14-28-23)26(2,3)4/h6-17H,5H2,1-4H3. The van der Waals surface area contributed by atoms with Crippen molar-refractivity contribution in [1.29, 1.82) is 0 Å². The number of rotatable bonds is 5. The molecule has 0 aliphatic carbocycles. The lowest BCUT2D eigenvalue weighted by molar-refractivity contribution is 0.589. The summed E-state index contributed by atoms with van der Waals surface area (Å²) in [7, 11) is 0. The summed E-state index contributed by atoms with van der Waals surface area (Å²) in [5, 5.41) is 0. The van der Waals surface area contributed by atoms with Crippen LogP contribution in [0.3, 0.4) is 0 Å². The van der Waals surface area contributed by atoms with Crippen LogP contribution in [-0.2, 0) is 5.41 Å². The van der Waals surface area contributed by atoms with E-state index >= 15 is 0 Å². The molecule has 4 aromatic rings. The third-order valence-electron chi connectivity index (χ3n) is 4.94. The molecule has 0 radical (unpaired) electrons. The van der Waals surface area contributed by atoms with Crippen LogP contribution < -0.4 is 0 Å². The molecule has 156 valence electrons. The molecular weight excluding hydrogens is 400 g/mol. The van der Waals surface area contributed by atoms with E-state index < -0.39 is 0 Å². The fourth-order valence-electron chi connectivity index (χ4n) is 3.29. The third kappa shape index (κ3) is 5.00. The zero-order valence-electron chi connectivity index (χ0n) is 18.3. The van der Waals surface area contributed by atoms with Gasteiger partial charge in [-0.1, -0.05) is 39.8 Å². The predicted molar refractivity (Wildman–Crippen MR) is 129 cm³/mol. The second kappa shape index (κ2) is 8.98. The lowest BCUT2D eigenvalue weighted by atomic mass is 9.87. The molecule has 31 heavy (non-hydrogen) atoms. The van der Waals surface area contributed by atoms with Gasteiger partial charge in [0.2, 0.25) is 0 Å². The Morgan fingerprint density at radius 2 is 1.32 bits per heavy atom. The van der Waals surface area contributed by atoms with Crippen LogP contribution in [-0.4, -0.2) is 25.7 Å². The summed E-state index contributed by atoms with van der Waals surface area (Å²) in [6, 6.07) is 20.3. The number of aromatic nitrogens is 4. The average molecular weight is 427 g/mol. The molecule has 0 aromatic carbocycles. The molecule has 5 heteroatoms. The fraction of sp³-hybridized carbons (Fsp3) is 0.231. The molecule has 0 amide bonds. The van der Waals surface area contributed by atoms with Crippen molar-refractivity contribution < 1.29 is 0 Å². The van der Waals surface area contributed by atoms with Crippen LogP contribution in [0.5, 0.6) is 0 Å². The van der Waals surface area contributed by atoms with E-state index in [-0.39, 0.29) is 5.41 Å². The Labute approximate surface area is 188 Å². The molecule has 4 rings (SSSR count). The number of hydrogen-bond donors (Lipinski definition) is 0. The van der Waals surface area contributed by atoms with Crippen molar-refractivity contribution in [2.75, 3.05) is 5.75 Å². The zero-order valence-corrected chi connectivity index (χ0v) is 19.1. The summed E-state index contributed by atoms with van der Waals surface area (Å²) < 4.78 is 0. The first-order chi connectivity index (χ1) is 14.9. The Bertz CT molecular complexity index is 1180. The van der Waals surface area contributed by atoms with Crippen LogP contribution in [0.1, 0.15) is 33.3 Å². The van der Waals surface area contributed by atoms with Gasteiger partial charge in [-0.15, -0.1) is 11.8 Å². The molecule has 0 aliphatic rings. The molecule has 0 bridgehead atoms. The third-order valence-corrected chi connectivity index (χ3v) is 5.79. The summed E-state index contributed by atoms with van der Waals surface area (Å²) >= 11 is 1.80. The number of thioether (sulfide) groups is 1. The highest BCUT2D eigenvalue weighted by Crippen LogP contribution is 2.31. The molecular formula is C26H26N4S. The highest BCUT2D eigenvalue weighted by atomic mass is 32.2. The highest BCUT2D eigenvalue weighted by molar-refractivity contribution is 7.99. The minimum atomic E-state index is 0.0505. The number of hydrogen-bond acceptors (Lipinski definition) is 5. The number of pyridine rings is 4. The van der Waals surface area contributed by atoms with Gasteiger partial charge in [0.1, 0.15) is 0 Å². The normalized spacial score (nSPS) is 11.5. The number of nitrogens with zero attached hydrogens (tertiary/aromatic N) is 4. The van der Waals surface area contributed by atoms with Crippen molar-refractivity contribution in [2.45, 2.75) is 38.0 Å². The second-order valence-corrected chi connectivity index (χ2v) is 9.65. The Hall–Kier alpha value is -3.05. The van der Waals surface area contributed by atoms with Gasteiger partial charge in [0.05, 0.1) is 34.2 Å². The molecule has 0 unspecified atom stereocenters. The summed E-state index contributed by atoms with van der Waals surface area (Å²) in [5.74, 6) is 0.986. The molecule has 0 N–H and O–H groups in total. The zero-order chi connectivity index (χ0) is 21.8. The van der Waals surface area contributed by atoms with E-state index in [1.165, 1.54) is 5.56 Å². The van der Waals surface area contributed by atoms with Crippen LogP contribution in [0.4, 0.5) is 0 Å². The molecule has 0 atom stereocenters. The topological polar surface area (TPSA) is 51.6 Å². The SMILES string of the molecule is CCSc1cc(-c2cc(C(C)(C)C)ccn2)nc(-c2cccc(-c3ccccn3)n2)c1.